The van der Waals surface area contributed by atoms with Crippen LogP contribution in [0, 0.1) is 13.8 Å². The highest BCUT2D eigenvalue weighted by Crippen LogP contribution is 2.49. The summed E-state index contributed by atoms with van der Waals surface area (Å²) in [6, 6.07) is 31.9. The van der Waals surface area contributed by atoms with Gasteiger partial charge in [0.15, 0.2) is 0 Å². The van der Waals surface area contributed by atoms with Gasteiger partial charge in [-0.2, -0.15) is 0 Å². The molecule has 2 heterocycles. The summed E-state index contributed by atoms with van der Waals surface area (Å²) in [6.45, 7) is 32.4. The third kappa shape index (κ3) is 8.70. The van der Waals surface area contributed by atoms with Gasteiger partial charge >= 0.3 is 8.24 Å². The van der Waals surface area contributed by atoms with Crippen molar-refractivity contribution < 1.29 is 12.9 Å². The summed E-state index contributed by atoms with van der Waals surface area (Å²) >= 11 is 1.96. The van der Waals surface area contributed by atoms with Crippen LogP contribution in [0.1, 0.15) is 152 Å². The zero-order valence-corrected chi connectivity index (χ0v) is 40.2. The topological polar surface area (TPSA) is 35.5 Å². The van der Waals surface area contributed by atoms with Gasteiger partial charge < -0.3 is 8.39 Å². The smallest absolute Gasteiger partial charge is 0.387 e. The molecule has 0 bridgehead atoms. The van der Waals surface area contributed by atoms with Gasteiger partial charge in [-0.25, -0.2) is 0 Å². The Morgan fingerprint density at radius 3 is 1.47 bits per heavy atom. The normalized spacial score (nSPS) is 17.1. The summed E-state index contributed by atoms with van der Waals surface area (Å²) in [7, 11) is -2.59. The van der Waals surface area contributed by atoms with Gasteiger partial charge in [-0.3, -0.25) is 4.52 Å². The van der Waals surface area contributed by atoms with Crippen LogP contribution in [-0.4, -0.2) is 6.10 Å². The van der Waals surface area contributed by atoms with E-state index < -0.39 is 16.2 Å². The average molecular weight is 833 g/mol. The van der Waals surface area contributed by atoms with Crippen molar-refractivity contribution in [2.45, 2.75) is 156 Å². The van der Waals surface area contributed by atoms with Crippen LogP contribution in [-0.2, 0) is 21.7 Å². The first-order valence-corrected chi connectivity index (χ1v) is 24.6. The molecule has 1 saturated carbocycles. The lowest BCUT2D eigenvalue weighted by atomic mass is 9.77. The van der Waals surface area contributed by atoms with Gasteiger partial charge in [0, 0.05) is 42.9 Å². The molecule has 2 aromatic heterocycles. The first-order chi connectivity index (χ1) is 27.1. The molecule has 308 valence electrons. The van der Waals surface area contributed by atoms with Crippen LogP contribution >= 0.6 is 27.5 Å². The number of thiophene rings is 1. The fourth-order valence-corrected chi connectivity index (χ4v) is 14.1. The van der Waals surface area contributed by atoms with Gasteiger partial charge in [-0.05, 0) is 95.7 Å². The van der Waals surface area contributed by atoms with Crippen molar-refractivity contribution in [1.29, 1.82) is 0 Å². The number of hydrogen-bond acceptors (Lipinski definition) is 4. The van der Waals surface area contributed by atoms with E-state index in [0.717, 1.165) is 41.2 Å². The van der Waals surface area contributed by atoms with E-state index in [-0.39, 0.29) is 33.7 Å². The lowest BCUT2D eigenvalue weighted by Crippen LogP contribution is -2.33. The Kier molecular flexibility index (Phi) is 11.9. The molecule has 1 aliphatic rings. The minimum Gasteiger partial charge on any atom is -0.399 e. The van der Waals surface area contributed by atoms with Crippen molar-refractivity contribution in [2.24, 2.45) is 0 Å². The third-order valence-electron chi connectivity index (χ3n) is 12.0. The Hall–Kier alpha value is -3.13. The summed E-state index contributed by atoms with van der Waals surface area (Å²) in [4.78, 5) is 2.83. The summed E-state index contributed by atoms with van der Waals surface area (Å²) in [5.74, 6) is 0.235. The van der Waals surface area contributed by atoms with Gasteiger partial charge in [0.2, 0.25) is 0 Å². The van der Waals surface area contributed by atoms with Crippen LogP contribution in [0.2, 0.25) is 0 Å². The second-order valence-electron chi connectivity index (χ2n) is 20.7. The van der Waals surface area contributed by atoms with Crippen molar-refractivity contribution >= 4 is 65.4 Å². The van der Waals surface area contributed by atoms with Crippen LogP contribution in [0.15, 0.2) is 93.3 Å². The molecule has 0 aliphatic heterocycles. The molecule has 0 saturated heterocycles. The highest BCUT2D eigenvalue weighted by atomic mass is 32.1. The van der Waals surface area contributed by atoms with Gasteiger partial charge in [0.05, 0.1) is 6.10 Å². The van der Waals surface area contributed by atoms with Crippen molar-refractivity contribution in [3.8, 4) is 0 Å². The number of fused-ring (bicyclic) bond motifs is 3. The van der Waals surface area contributed by atoms with Crippen LogP contribution in [0.5, 0.6) is 0 Å². The quantitative estimate of drug-likeness (QED) is 0.157. The number of aryl methyl sites for hydroxylation is 2. The number of rotatable bonds is 6. The van der Waals surface area contributed by atoms with E-state index in [1.54, 1.807) is 0 Å². The van der Waals surface area contributed by atoms with Crippen molar-refractivity contribution in [1.82, 2.24) is 0 Å². The largest absolute Gasteiger partial charge is 0.399 e. The maximum atomic E-state index is 7.47. The Balaban J connectivity index is 1.49. The molecule has 4 aromatic carbocycles. The van der Waals surface area contributed by atoms with E-state index in [4.69, 9.17) is 12.9 Å². The van der Waals surface area contributed by atoms with Gasteiger partial charge in [-0.15, -0.1) is 11.3 Å². The standard InChI is InChI=1S/C52H66O3P2S/c1-33-45(48(34(2)58-33)56(37-23-17-15-18-24-37)38-25-19-16-20-26-38)39-27-21-22-28-44(39)53-57-54-46-40(29-35(49(3,4)5)31-42(46)51(9,10)11)41-30-36(50(6,7)8)32-43(47(41)55-57)52(12,13)14/h15-20,23-26,29-32,39,44H,21-22,27-28H2,1-14H3. The minimum absolute atomic E-state index is 0.0430. The van der Waals surface area contributed by atoms with Crippen molar-refractivity contribution in [3.63, 3.8) is 0 Å². The van der Waals surface area contributed by atoms with Gasteiger partial charge in [-0.1, -0.05) is 169 Å². The minimum atomic E-state index is -1.82. The fourth-order valence-electron chi connectivity index (χ4n) is 8.67. The maximum Gasteiger partial charge on any atom is 0.387 e. The Morgan fingerprint density at radius 2 is 1.03 bits per heavy atom. The molecular formula is C52H66O3P2S. The predicted octanol–water partition coefficient (Wildman–Crippen LogP) is 15.1. The van der Waals surface area contributed by atoms with Gasteiger partial charge in [0.1, 0.15) is 11.2 Å². The number of hydrogen-bond donors (Lipinski definition) is 0. The molecule has 0 amide bonds. The molecule has 6 aromatic rings. The maximum absolute atomic E-state index is 7.47. The van der Waals surface area contributed by atoms with Crippen LogP contribution < -0.4 is 20.4 Å². The van der Waals surface area contributed by atoms with E-state index in [2.05, 4.69) is 182 Å². The molecule has 6 heteroatoms. The zero-order chi connectivity index (χ0) is 41.9. The molecule has 1 aliphatic carbocycles. The zero-order valence-electron chi connectivity index (χ0n) is 37.6. The molecule has 0 N–H and O–H groups in total. The molecule has 0 radical (unpaired) electrons. The number of benzene rings is 4. The molecule has 0 spiro atoms. The predicted molar refractivity (Wildman–Crippen MR) is 255 cm³/mol. The SMILES string of the molecule is Cc1sc(C)c(P(c2ccccc2)c2ccccc2)c1C1CCCCC1Op1oc2c(C(C)(C)C)cc(C(C)(C)C)cc2c2cc(C(C)(C)C)cc(C(C)(C)C)c2o1. The Labute approximate surface area is 355 Å². The van der Waals surface area contributed by atoms with Crippen molar-refractivity contribution in [3.05, 3.63) is 123 Å². The fraction of sp³-hybridized carbons (Fsp3) is 0.462. The first kappa shape index (κ1) is 43.0. The van der Waals surface area contributed by atoms with E-state index in [1.807, 2.05) is 11.3 Å². The van der Waals surface area contributed by atoms with Crippen LogP contribution in [0.3, 0.4) is 0 Å². The summed E-state index contributed by atoms with van der Waals surface area (Å²) in [6.07, 6.45) is 4.33. The van der Waals surface area contributed by atoms with Crippen LogP contribution in [0.25, 0.3) is 21.9 Å². The molecule has 58 heavy (non-hydrogen) atoms. The third-order valence-corrected chi connectivity index (χ3v) is 16.9. The lowest BCUT2D eigenvalue weighted by Gasteiger charge is -2.33. The van der Waals surface area contributed by atoms with E-state index in [1.165, 1.54) is 59.9 Å². The van der Waals surface area contributed by atoms with Gasteiger partial charge in [0.25, 0.3) is 0 Å². The molecule has 7 rings (SSSR count). The van der Waals surface area contributed by atoms with Crippen LogP contribution in [0.4, 0.5) is 0 Å². The summed E-state index contributed by atoms with van der Waals surface area (Å²) < 4.78 is 22.1. The van der Waals surface area contributed by atoms with E-state index in [0.29, 0.717) is 0 Å². The first-order valence-electron chi connectivity index (χ1n) is 21.3. The summed E-state index contributed by atoms with van der Waals surface area (Å²) in [5, 5.41) is 6.51. The average Bonchev–Trinajstić information content (AvgIpc) is 3.33. The molecular weight excluding hydrogens is 767 g/mol. The second-order valence-corrected chi connectivity index (χ2v) is 25.3. The molecule has 3 nitrogen and oxygen atoms in total. The monoisotopic (exact) mass is 832 g/mol. The van der Waals surface area contributed by atoms with E-state index in [9.17, 15) is 0 Å². The van der Waals surface area contributed by atoms with E-state index >= 15 is 0 Å². The highest BCUT2D eigenvalue weighted by molar-refractivity contribution is 7.80. The summed E-state index contributed by atoms with van der Waals surface area (Å²) in [5.41, 5.74) is 7.84. The Morgan fingerprint density at radius 1 is 0.586 bits per heavy atom. The molecule has 1 fully saturated rings. The Bertz CT molecular complexity index is 2320. The molecule has 2 atom stereocenters. The van der Waals surface area contributed by atoms with Crippen molar-refractivity contribution in [2.75, 3.05) is 0 Å². The highest BCUT2D eigenvalue weighted by Gasteiger charge is 2.37. The second kappa shape index (κ2) is 16.0. The lowest BCUT2D eigenvalue weighted by molar-refractivity contribution is 0.172. The molecule has 2 unspecified atom stereocenters.